The molecule has 1 aliphatic carbocycles. The molecule has 1 N–H and O–H groups in total. The van der Waals surface area contributed by atoms with Gasteiger partial charge in [-0.15, -0.1) is 0 Å². The summed E-state index contributed by atoms with van der Waals surface area (Å²) in [5, 5.41) is 2.36. The van der Waals surface area contributed by atoms with Gasteiger partial charge in [0.2, 0.25) is 11.8 Å². The number of imide groups is 1. The third-order valence-corrected chi connectivity index (χ3v) is 7.36. The quantitative estimate of drug-likeness (QED) is 0.627. The van der Waals surface area contributed by atoms with Gasteiger partial charge in [0.15, 0.2) is 0 Å². The van der Waals surface area contributed by atoms with Crippen LogP contribution in [0.2, 0.25) is 0 Å². The topological polar surface area (TPSA) is 88.8 Å². The van der Waals surface area contributed by atoms with E-state index in [0.717, 1.165) is 62.5 Å². The number of piperidine rings is 1. The molecule has 2 amide bonds. The highest BCUT2D eigenvalue weighted by molar-refractivity contribution is 6.00. The van der Waals surface area contributed by atoms with Gasteiger partial charge >= 0.3 is 5.69 Å². The van der Waals surface area contributed by atoms with E-state index < -0.39 is 11.9 Å². The molecule has 0 radical (unpaired) electrons. The molecular formula is C24H33N5O4. The number of rotatable bonds is 7. The van der Waals surface area contributed by atoms with E-state index in [2.05, 4.69) is 21.2 Å². The summed E-state index contributed by atoms with van der Waals surface area (Å²) in [6.45, 7) is 6.78. The smallest absolute Gasteiger partial charge is 0.329 e. The molecule has 3 heterocycles. The van der Waals surface area contributed by atoms with Gasteiger partial charge in [-0.05, 0) is 43.4 Å². The van der Waals surface area contributed by atoms with Crippen LogP contribution in [0.5, 0.6) is 0 Å². The van der Waals surface area contributed by atoms with Crippen molar-refractivity contribution in [3.05, 3.63) is 34.2 Å². The predicted octanol–water partition coefficient (Wildman–Crippen LogP) is 1.00. The Morgan fingerprint density at radius 2 is 1.76 bits per heavy atom. The Kier molecular flexibility index (Phi) is 6.36. The lowest BCUT2D eigenvalue weighted by Crippen LogP contribution is -2.47. The molecule has 0 spiro atoms. The van der Waals surface area contributed by atoms with Crippen molar-refractivity contribution in [2.45, 2.75) is 50.8 Å². The maximum absolute atomic E-state index is 12.9. The van der Waals surface area contributed by atoms with E-state index in [-0.39, 0.29) is 18.0 Å². The lowest BCUT2D eigenvalue weighted by atomic mass is 9.96. The van der Waals surface area contributed by atoms with Gasteiger partial charge in [0, 0.05) is 52.7 Å². The largest absolute Gasteiger partial charge is 0.377 e. The van der Waals surface area contributed by atoms with E-state index in [1.807, 2.05) is 12.1 Å². The number of nitrogens with one attached hydrogen (secondary N) is 1. The minimum atomic E-state index is -0.647. The van der Waals surface area contributed by atoms with E-state index in [4.69, 9.17) is 4.74 Å². The minimum Gasteiger partial charge on any atom is -0.377 e. The number of benzene rings is 1. The molecule has 3 fully saturated rings. The molecule has 1 aromatic heterocycles. The number of fused-ring (bicyclic) bond motifs is 1. The van der Waals surface area contributed by atoms with Crippen LogP contribution in [0.4, 0.5) is 0 Å². The molecule has 9 heteroatoms. The number of carbonyl (C=O) groups is 2. The van der Waals surface area contributed by atoms with Crippen LogP contribution in [0, 0.1) is 0 Å². The van der Waals surface area contributed by atoms with Crippen LogP contribution < -0.4 is 11.0 Å². The van der Waals surface area contributed by atoms with Crippen molar-refractivity contribution in [3.8, 4) is 0 Å². The van der Waals surface area contributed by atoms with Crippen molar-refractivity contribution in [2.24, 2.45) is 7.05 Å². The van der Waals surface area contributed by atoms with Crippen molar-refractivity contribution >= 4 is 22.8 Å². The van der Waals surface area contributed by atoms with Gasteiger partial charge in [0.1, 0.15) is 6.04 Å². The zero-order chi connectivity index (χ0) is 22.9. The molecule has 2 aromatic rings. The number of imidazole rings is 1. The molecule has 1 saturated carbocycles. The molecule has 178 valence electrons. The van der Waals surface area contributed by atoms with Crippen molar-refractivity contribution < 1.29 is 14.3 Å². The Hall–Kier alpha value is -2.49. The molecule has 5 rings (SSSR count). The fourth-order valence-electron chi connectivity index (χ4n) is 5.05. The molecule has 9 nitrogen and oxygen atoms in total. The van der Waals surface area contributed by atoms with Crippen molar-refractivity contribution in [1.82, 2.24) is 24.3 Å². The number of ether oxygens (including phenoxy) is 1. The number of aromatic nitrogens is 2. The average molecular weight is 456 g/mol. The third kappa shape index (κ3) is 4.62. The number of aryl methyl sites for hydroxylation is 1. The van der Waals surface area contributed by atoms with Crippen LogP contribution in [0.25, 0.3) is 11.0 Å². The summed E-state index contributed by atoms with van der Waals surface area (Å²) in [6, 6.07) is 5.39. The molecule has 0 bridgehead atoms. The van der Waals surface area contributed by atoms with Crippen LogP contribution in [-0.4, -0.2) is 76.2 Å². The minimum absolute atomic E-state index is 0.227. The lowest BCUT2D eigenvalue weighted by Gasteiger charge is -2.35. The van der Waals surface area contributed by atoms with Crippen molar-refractivity contribution in [3.63, 3.8) is 0 Å². The highest BCUT2D eigenvalue weighted by atomic mass is 16.5. The van der Waals surface area contributed by atoms with Gasteiger partial charge < -0.3 is 4.74 Å². The number of hydrogen-bond acceptors (Lipinski definition) is 6. The molecule has 1 atom stereocenters. The molecule has 1 unspecified atom stereocenters. The van der Waals surface area contributed by atoms with Gasteiger partial charge in [-0.2, -0.15) is 0 Å². The Labute approximate surface area is 193 Å². The fraction of sp³-hybridized carbons (Fsp3) is 0.625. The Morgan fingerprint density at radius 1 is 1.00 bits per heavy atom. The monoisotopic (exact) mass is 455 g/mol. The first kappa shape index (κ1) is 22.3. The Morgan fingerprint density at radius 3 is 2.45 bits per heavy atom. The third-order valence-electron chi connectivity index (χ3n) is 7.36. The summed E-state index contributed by atoms with van der Waals surface area (Å²) in [5.74, 6) is -0.682. The standard InChI is InChI=1S/C24H33N5O4/c1-26-21-15-17(16-28-11-9-27(10-12-28)13-14-33-18-3-2-4-18)5-6-19(21)29(24(26)32)20-7-8-22(30)25-23(20)31/h5-6,15,18,20H,2-4,7-14,16H2,1H3,(H,25,30,31). The van der Waals surface area contributed by atoms with Crippen LogP contribution >= 0.6 is 0 Å². The second-order valence-electron chi connectivity index (χ2n) is 9.54. The number of hydrogen-bond donors (Lipinski definition) is 1. The normalized spacial score (nSPS) is 23.1. The molecular weight excluding hydrogens is 422 g/mol. The fourth-order valence-corrected chi connectivity index (χ4v) is 5.05. The molecule has 33 heavy (non-hydrogen) atoms. The second-order valence-corrected chi connectivity index (χ2v) is 9.54. The van der Waals surface area contributed by atoms with Crippen molar-refractivity contribution in [2.75, 3.05) is 39.3 Å². The highest BCUT2D eigenvalue weighted by Crippen LogP contribution is 2.24. The maximum Gasteiger partial charge on any atom is 0.329 e. The first-order chi connectivity index (χ1) is 16.0. The van der Waals surface area contributed by atoms with E-state index in [1.54, 1.807) is 11.6 Å². The van der Waals surface area contributed by atoms with Gasteiger partial charge in [-0.1, -0.05) is 6.07 Å². The van der Waals surface area contributed by atoms with Crippen LogP contribution in [0.15, 0.2) is 23.0 Å². The number of amides is 2. The second kappa shape index (κ2) is 9.40. The van der Waals surface area contributed by atoms with E-state index in [9.17, 15) is 14.4 Å². The molecule has 3 aliphatic rings. The van der Waals surface area contributed by atoms with Crippen molar-refractivity contribution in [1.29, 1.82) is 0 Å². The van der Waals surface area contributed by atoms with Gasteiger partial charge in [0.05, 0.1) is 23.7 Å². The average Bonchev–Trinajstić information content (AvgIpc) is 3.01. The summed E-state index contributed by atoms with van der Waals surface area (Å²) in [7, 11) is 1.74. The molecule has 2 aliphatic heterocycles. The highest BCUT2D eigenvalue weighted by Gasteiger charge is 2.31. The maximum atomic E-state index is 12.9. The van der Waals surface area contributed by atoms with Crippen LogP contribution in [0.1, 0.15) is 43.7 Å². The summed E-state index contributed by atoms with van der Waals surface area (Å²) in [6.07, 6.45) is 4.85. The molecule has 2 saturated heterocycles. The zero-order valence-corrected chi connectivity index (χ0v) is 19.3. The Bertz CT molecular complexity index is 1090. The summed E-state index contributed by atoms with van der Waals surface area (Å²) < 4.78 is 9.03. The number of piperazine rings is 1. The number of nitrogens with zero attached hydrogens (tertiary/aromatic N) is 4. The first-order valence-corrected chi connectivity index (χ1v) is 12.1. The Balaban J connectivity index is 1.22. The van der Waals surface area contributed by atoms with Crippen LogP contribution in [0.3, 0.4) is 0 Å². The first-order valence-electron chi connectivity index (χ1n) is 12.1. The van der Waals surface area contributed by atoms with Gasteiger partial charge in [0.25, 0.3) is 0 Å². The summed E-state index contributed by atoms with van der Waals surface area (Å²) in [5.41, 5.74) is 2.47. The van der Waals surface area contributed by atoms with E-state index in [0.29, 0.717) is 12.5 Å². The SMILES string of the molecule is Cn1c(=O)n(C2CCC(=O)NC2=O)c2ccc(CN3CCN(CCOC4CCC4)CC3)cc21. The lowest BCUT2D eigenvalue weighted by molar-refractivity contribution is -0.135. The summed E-state index contributed by atoms with van der Waals surface area (Å²) >= 11 is 0. The van der Waals surface area contributed by atoms with E-state index >= 15 is 0 Å². The zero-order valence-electron chi connectivity index (χ0n) is 19.3. The van der Waals surface area contributed by atoms with Gasteiger partial charge in [-0.3, -0.25) is 33.8 Å². The molecule has 1 aromatic carbocycles. The van der Waals surface area contributed by atoms with Gasteiger partial charge in [-0.25, -0.2) is 4.79 Å². The summed E-state index contributed by atoms with van der Waals surface area (Å²) in [4.78, 5) is 41.7. The van der Waals surface area contributed by atoms with Crippen LogP contribution in [-0.2, 0) is 27.9 Å². The number of carbonyl (C=O) groups excluding carboxylic acids is 2. The predicted molar refractivity (Wildman–Crippen MR) is 124 cm³/mol. The van der Waals surface area contributed by atoms with E-state index in [1.165, 1.54) is 23.8 Å².